The van der Waals surface area contributed by atoms with Crippen molar-refractivity contribution in [2.45, 2.75) is 38.1 Å². The molecule has 2 atom stereocenters. The molecular formula is C24H28FN5O2. The molecule has 0 aliphatic carbocycles. The molecule has 0 saturated carbocycles. The number of hydrogen-bond donors (Lipinski definition) is 3. The fraction of sp³-hybridized carbons (Fsp3) is 0.333. The number of halogens is 1. The van der Waals surface area contributed by atoms with Crippen LogP contribution in [0.1, 0.15) is 46.1 Å². The van der Waals surface area contributed by atoms with Crippen LogP contribution < -0.4 is 15.8 Å². The highest BCUT2D eigenvalue weighted by Crippen LogP contribution is 2.35. The number of alkyl halides is 1. The van der Waals surface area contributed by atoms with Gasteiger partial charge in [0.25, 0.3) is 5.91 Å². The van der Waals surface area contributed by atoms with Gasteiger partial charge < -0.3 is 20.8 Å². The van der Waals surface area contributed by atoms with Gasteiger partial charge in [0, 0.05) is 25.7 Å². The Morgan fingerprint density at radius 1 is 1.25 bits per heavy atom. The molecule has 1 aliphatic heterocycles. The third-order valence-electron chi connectivity index (χ3n) is 5.92. The molecule has 2 unspecified atom stereocenters. The number of anilines is 1. The maximum Gasteiger partial charge on any atom is 0.269 e. The SMILES string of the molecule is COc1ccc(CN2CC(F)CCC2c2ccccc2CNc2nc[nH]c2C(N)=O)cc1. The van der Waals surface area contributed by atoms with Crippen LogP contribution in [0.4, 0.5) is 10.2 Å². The molecule has 1 aromatic heterocycles. The van der Waals surface area contributed by atoms with Crippen LogP contribution in [0.25, 0.3) is 0 Å². The predicted octanol–water partition coefficient (Wildman–Crippen LogP) is 3.80. The van der Waals surface area contributed by atoms with Gasteiger partial charge in [-0.3, -0.25) is 9.69 Å². The number of piperidine rings is 1. The van der Waals surface area contributed by atoms with Gasteiger partial charge in [0.2, 0.25) is 0 Å². The number of primary amides is 1. The van der Waals surface area contributed by atoms with Crippen molar-refractivity contribution < 1.29 is 13.9 Å². The van der Waals surface area contributed by atoms with Gasteiger partial charge in [0.05, 0.1) is 13.4 Å². The van der Waals surface area contributed by atoms with Gasteiger partial charge in [0.1, 0.15) is 17.6 Å². The Balaban J connectivity index is 1.54. The highest BCUT2D eigenvalue weighted by atomic mass is 19.1. The number of nitrogens with zero attached hydrogens (tertiary/aromatic N) is 2. The van der Waals surface area contributed by atoms with Crippen LogP contribution in [-0.2, 0) is 13.1 Å². The number of hydrogen-bond acceptors (Lipinski definition) is 5. The van der Waals surface area contributed by atoms with Crippen molar-refractivity contribution in [1.29, 1.82) is 0 Å². The quantitative estimate of drug-likeness (QED) is 0.498. The smallest absolute Gasteiger partial charge is 0.269 e. The van der Waals surface area contributed by atoms with Crippen molar-refractivity contribution >= 4 is 11.7 Å². The van der Waals surface area contributed by atoms with Crippen molar-refractivity contribution in [2.24, 2.45) is 5.73 Å². The number of amides is 1. The Hall–Kier alpha value is -3.39. The minimum absolute atomic E-state index is 0.0943. The molecule has 8 heteroatoms. The molecule has 1 amide bonds. The first-order valence-electron chi connectivity index (χ1n) is 10.7. The molecule has 7 nitrogen and oxygen atoms in total. The molecule has 0 radical (unpaired) electrons. The summed E-state index contributed by atoms with van der Waals surface area (Å²) in [6.07, 6.45) is 1.88. The van der Waals surface area contributed by atoms with Gasteiger partial charge in [0.15, 0.2) is 5.82 Å². The summed E-state index contributed by atoms with van der Waals surface area (Å²) in [5.74, 6) is 0.664. The number of carbonyl (C=O) groups is 1. The van der Waals surface area contributed by atoms with E-state index in [9.17, 15) is 9.18 Å². The molecule has 1 fully saturated rings. The number of H-pyrrole nitrogens is 1. The van der Waals surface area contributed by atoms with E-state index in [-0.39, 0.29) is 11.7 Å². The lowest BCUT2D eigenvalue weighted by Gasteiger charge is -2.38. The zero-order valence-corrected chi connectivity index (χ0v) is 18.1. The summed E-state index contributed by atoms with van der Waals surface area (Å²) < 4.78 is 19.6. The number of carbonyl (C=O) groups excluding carboxylic acids is 1. The second-order valence-electron chi connectivity index (χ2n) is 8.01. The number of aromatic nitrogens is 2. The lowest BCUT2D eigenvalue weighted by atomic mass is 9.90. The summed E-state index contributed by atoms with van der Waals surface area (Å²) in [4.78, 5) is 20.7. The van der Waals surface area contributed by atoms with Gasteiger partial charge in [-0.1, -0.05) is 36.4 Å². The molecule has 0 bridgehead atoms. The van der Waals surface area contributed by atoms with Gasteiger partial charge in [-0.2, -0.15) is 0 Å². The van der Waals surface area contributed by atoms with Crippen molar-refractivity contribution in [3.8, 4) is 5.75 Å². The number of imidazole rings is 1. The minimum Gasteiger partial charge on any atom is -0.497 e. The number of ether oxygens (including phenoxy) is 1. The number of likely N-dealkylation sites (tertiary alicyclic amines) is 1. The van der Waals surface area contributed by atoms with Gasteiger partial charge in [-0.05, 0) is 41.7 Å². The Bertz CT molecular complexity index is 1050. The average molecular weight is 438 g/mol. The Morgan fingerprint density at radius 2 is 2.03 bits per heavy atom. The first-order valence-corrected chi connectivity index (χ1v) is 10.7. The van der Waals surface area contributed by atoms with E-state index >= 15 is 0 Å². The fourth-order valence-corrected chi connectivity index (χ4v) is 4.30. The lowest BCUT2D eigenvalue weighted by Crippen LogP contribution is -2.39. The monoisotopic (exact) mass is 437 g/mol. The maximum atomic E-state index is 14.4. The van der Waals surface area contributed by atoms with Crippen LogP contribution in [0.5, 0.6) is 5.75 Å². The van der Waals surface area contributed by atoms with E-state index in [1.165, 1.54) is 6.33 Å². The molecule has 2 heterocycles. The van der Waals surface area contributed by atoms with E-state index in [1.807, 2.05) is 42.5 Å². The third kappa shape index (κ3) is 4.91. The average Bonchev–Trinajstić information content (AvgIpc) is 3.28. The zero-order chi connectivity index (χ0) is 22.5. The summed E-state index contributed by atoms with van der Waals surface area (Å²) in [7, 11) is 1.64. The highest BCUT2D eigenvalue weighted by molar-refractivity contribution is 5.95. The van der Waals surface area contributed by atoms with E-state index in [0.717, 1.165) is 28.9 Å². The largest absolute Gasteiger partial charge is 0.497 e. The summed E-state index contributed by atoms with van der Waals surface area (Å²) in [5.41, 5.74) is 8.99. The zero-order valence-electron chi connectivity index (χ0n) is 18.1. The molecule has 168 valence electrons. The summed E-state index contributed by atoms with van der Waals surface area (Å²) in [6.45, 7) is 1.53. The first kappa shape index (κ1) is 21.8. The van der Waals surface area contributed by atoms with E-state index in [4.69, 9.17) is 10.5 Å². The Morgan fingerprint density at radius 3 is 2.78 bits per heavy atom. The van der Waals surface area contributed by atoms with Crippen molar-refractivity contribution in [3.63, 3.8) is 0 Å². The summed E-state index contributed by atoms with van der Waals surface area (Å²) >= 11 is 0. The molecular weight excluding hydrogens is 409 g/mol. The topological polar surface area (TPSA) is 96.3 Å². The second-order valence-corrected chi connectivity index (χ2v) is 8.01. The highest BCUT2D eigenvalue weighted by Gasteiger charge is 2.30. The van der Waals surface area contributed by atoms with Crippen LogP contribution in [0.15, 0.2) is 54.9 Å². The Kier molecular flexibility index (Phi) is 6.70. The van der Waals surface area contributed by atoms with E-state index in [2.05, 4.69) is 26.3 Å². The van der Waals surface area contributed by atoms with Crippen LogP contribution in [0, 0.1) is 0 Å². The molecule has 3 aromatic rings. The normalized spacial score (nSPS) is 18.9. The number of nitrogens with two attached hydrogens (primary N) is 1. The van der Waals surface area contributed by atoms with Crippen molar-refractivity contribution in [1.82, 2.24) is 14.9 Å². The lowest BCUT2D eigenvalue weighted by molar-refractivity contribution is 0.0771. The molecule has 0 spiro atoms. The first-order chi connectivity index (χ1) is 15.5. The van der Waals surface area contributed by atoms with Crippen molar-refractivity contribution in [3.05, 3.63) is 77.2 Å². The fourth-order valence-electron chi connectivity index (χ4n) is 4.30. The van der Waals surface area contributed by atoms with Crippen LogP contribution in [0.2, 0.25) is 0 Å². The van der Waals surface area contributed by atoms with Crippen LogP contribution in [-0.4, -0.2) is 40.6 Å². The summed E-state index contributed by atoms with van der Waals surface area (Å²) in [6, 6.07) is 16.1. The molecule has 1 aliphatic rings. The van der Waals surface area contributed by atoms with Gasteiger partial charge in [-0.25, -0.2) is 9.37 Å². The van der Waals surface area contributed by atoms with Crippen LogP contribution in [0.3, 0.4) is 0 Å². The Labute approximate surface area is 186 Å². The molecule has 32 heavy (non-hydrogen) atoms. The molecule has 4 N–H and O–H groups in total. The molecule has 4 rings (SSSR count). The predicted molar refractivity (Wildman–Crippen MR) is 121 cm³/mol. The van der Waals surface area contributed by atoms with E-state index in [0.29, 0.717) is 31.9 Å². The number of nitrogens with one attached hydrogen (secondary N) is 2. The van der Waals surface area contributed by atoms with E-state index < -0.39 is 12.1 Å². The van der Waals surface area contributed by atoms with Gasteiger partial charge >= 0.3 is 0 Å². The van der Waals surface area contributed by atoms with E-state index in [1.54, 1.807) is 7.11 Å². The number of benzene rings is 2. The summed E-state index contributed by atoms with van der Waals surface area (Å²) in [5, 5.41) is 3.21. The number of aromatic amines is 1. The van der Waals surface area contributed by atoms with Crippen LogP contribution >= 0.6 is 0 Å². The minimum atomic E-state index is -0.836. The molecule has 1 saturated heterocycles. The standard InChI is InChI=1S/C24H28FN5O2/c1-32-19-9-6-16(7-10-19)13-30-14-18(25)8-11-21(30)20-5-3-2-4-17(20)12-27-24-22(23(26)31)28-15-29-24/h2-7,9-10,15,18,21,27H,8,11-14H2,1H3,(H2,26,31)(H,28,29). The number of rotatable bonds is 8. The third-order valence-corrected chi connectivity index (χ3v) is 5.92. The van der Waals surface area contributed by atoms with Crippen molar-refractivity contribution in [2.75, 3.05) is 19.0 Å². The second kappa shape index (κ2) is 9.82. The number of methoxy groups -OCH3 is 1. The van der Waals surface area contributed by atoms with Gasteiger partial charge in [-0.15, -0.1) is 0 Å². The molecule has 2 aromatic carbocycles. The maximum absolute atomic E-state index is 14.4.